The van der Waals surface area contributed by atoms with Crippen LogP contribution in [0.5, 0.6) is 5.75 Å². The van der Waals surface area contributed by atoms with Crippen LogP contribution in [-0.2, 0) is 14.8 Å². The number of nitrogens with one attached hydrogen (secondary N) is 2. The zero-order valence-electron chi connectivity index (χ0n) is 16.3. The van der Waals surface area contributed by atoms with Gasteiger partial charge in [0.15, 0.2) is 0 Å². The summed E-state index contributed by atoms with van der Waals surface area (Å²) in [5.74, 6) is 1.51. The molecule has 2 N–H and O–H groups in total. The molecule has 0 spiro atoms. The third-order valence-corrected chi connectivity index (χ3v) is 6.01. The van der Waals surface area contributed by atoms with E-state index in [1.807, 2.05) is 13.0 Å². The molecule has 0 unspecified atom stereocenters. The van der Waals surface area contributed by atoms with Crippen LogP contribution in [0.25, 0.3) is 0 Å². The van der Waals surface area contributed by atoms with Crippen LogP contribution in [0.1, 0.15) is 5.69 Å². The van der Waals surface area contributed by atoms with Crippen LogP contribution in [0.3, 0.4) is 0 Å². The number of hydrogen-bond acceptors (Lipinski definition) is 8. The summed E-state index contributed by atoms with van der Waals surface area (Å²) in [6.45, 7) is 5.23. The molecule has 0 atom stereocenters. The lowest BCUT2D eigenvalue weighted by Crippen LogP contribution is -2.37. The minimum atomic E-state index is -3.78. The molecule has 2 aromatic rings. The number of anilines is 2. The zero-order valence-corrected chi connectivity index (χ0v) is 17.9. The quantitative estimate of drug-likeness (QED) is 0.596. The molecule has 1 aromatic heterocycles. The van der Waals surface area contributed by atoms with Crippen molar-refractivity contribution in [2.24, 2.45) is 0 Å². The topological polar surface area (TPSA) is 106 Å². The van der Waals surface area contributed by atoms with Crippen molar-refractivity contribution in [3.63, 3.8) is 0 Å². The number of rotatable bonds is 8. The molecule has 1 saturated heterocycles. The van der Waals surface area contributed by atoms with Gasteiger partial charge in [0.05, 0.1) is 20.3 Å². The lowest BCUT2D eigenvalue weighted by atomic mass is 10.3. The summed E-state index contributed by atoms with van der Waals surface area (Å²) in [5, 5.41) is 3.38. The van der Waals surface area contributed by atoms with Crippen LogP contribution < -0.4 is 19.7 Å². The van der Waals surface area contributed by atoms with Gasteiger partial charge in [-0.3, -0.25) is 0 Å². The average Bonchev–Trinajstić information content (AvgIpc) is 2.71. The van der Waals surface area contributed by atoms with Crippen LogP contribution in [0.2, 0.25) is 5.02 Å². The second-order valence-electron chi connectivity index (χ2n) is 6.41. The van der Waals surface area contributed by atoms with E-state index in [0.29, 0.717) is 30.7 Å². The lowest BCUT2D eigenvalue weighted by molar-refractivity contribution is 0.122. The summed E-state index contributed by atoms with van der Waals surface area (Å²) < 4.78 is 38.1. The Kier molecular flexibility index (Phi) is 7.12. The summed E-state index contributed by atoms with van der Waals surface area (Å²) in [6.07, 6.45) is 0. The van der Waals surface area contributed by atoms with Crippen LogP contribution in [-0.4, -0.2) is 64.9 Å². The highest BCUT2D eigenvalue weighted by atomic mass is 35.5. The Morgan fingerprint density at radius 1 is 1.21 bits per heavy atom. The van der Waals surface area contributed by atoms with Crippen LogP contribution >= 0.6 is 11.6 Å². The minimum Gasteiger partial charge on any atom is -0.495 e. The number of benzene rings is 1. The largest absolute Gasteiger partial charge is 0.495 e. The van der Waals surface area contributed by atoms with E-state index in [1.165, 1.54) is 19.2 Å². The highest BCUT2D eigenvalue weighted by molar-refractivity contribution is 7.89. The van der Waals surface area contributed by atoms with Gasteiger partial charge in [0.25, 0.3) is 0 Å². The molecule has 3 rings (SSSR count). The Hall–Kier alpha value is -2.14. The monoisotopic (exact) mass is 441 g/mol. The molecule has 0 aliphatic carbocycles. The Morgan fingerprint density at radius 2 is 1.97 bits per heavy atom. The summed E-state index contributed by atoms with van der Waals surface area (Å²) in [5.41, 5.74) is 0.827. The van der Waals surface area contributed by atoms with Gasteiger partial charge in [0, 0.05) is 43.0 Å². The molecular formula is C18H24ClN5O4S. The van der Waals surface area contributed by atoms with Crippen LogP contribution in [0.15, 0.2) is 29.2 Å². The van der Waals surface area contributed by atoms with Crippen molar-refractivity contribution in [3.05, 3.63) is 35.0 Å². The fraction of sp³-hybridized carbons (Fsp3) is 0.444. The van der Waals surface area contributed by atoms with E-state index in [0.717, 1.165) is 24.6 Å². The Labute approximate surface area is 175 Å². The van der Waals surface area contributed by atoms with E-state index >= 15 is 0 Å². The maximum absolute atomic E-state index is 12.6. The zero-order chi connectivity index (χ0) is 20.9. The van der Waals surface area contributed by atoms with Crippen molar-refractivity contribution < 1.29 is 17.9 Å². The van der Waals surface area contributed by atoms with Crippen molar-refractivity contribution >= 4 is 33.4 Å². The van der Waals surface area contributed by atoms with Gasteiger partial charge in [-0.15, -0.1) is 0 Å². The summed E-state index contributed by atoms with van der Waals surface area (Å²) in [7, 11) is -2.37. The molecule has 9 nitrogen and oxygen atoms in total. The molecule has 1 fully saturated rings. The lowest BCUT2D eigenvalue weighted by Gasteiger charge is -2.28. The van der Waals surface area contributed by atoms with E-state index in [9.17, 15) is 8.42 Å². The van der Waals surface area contributed by atoms with Crippen molar-refractivity contribution in [1.29, 1.82) is 0 Å². The van der Waals surface area contributed by atoms with E-state index in [-0.39, 0.29) is 17.2 Å². The van der Waals surface area contributed by atoms with Gasteiger partial charge in [-0.1, -0.05) is 11.6 Å². The number of sulfonamides is 1. The summed E-state index contributed by atoms with van der Waals surface area (Å²) >= 11 is 5.93. The molecule has 1 aliphatic rings. The molecule has 158 valence electrons. The number of ether oxygens (including phenoxy) is 2. The van der Waals surface area contributed by atoms with Gasteiger partial charge in [-0.2, -0.15) is 4.98 Å². The number of hydrogen-bond donors (Lipinski definition) is 2. The first-order valence-electron chi connectivity index (χ1n) is 9.14. The number of aromatic nitrogens is 2. The summed E-state index contributed by atoms with van der Waals surface area (Å²) in [6, 6.07) is 6.37. The standard InChI is InChI=1S/C18H24ClN5O4S/c1-13-11-17(24-7-9-28-10-8-24)23-18(22-13)20-5-6-21-29(25,26)16-12-14(19)3-4-15(16)27-2/h3-4,11-12,21H,5-10H2,1-2H3,(H,20,22,23). The van der Waals surface area contributed by atoms with Crippen molar-refractivity contribution in [2.75, 3.05) is 56.7 Å². The van der Waals surface area contributed by atoms with E-state index < -0.39 is 10.0 Å². The predicted molar refractivity (Wildman–Crippen MR) is 111 cm³/mol. The molecule has 0 radical (unpaired) electrons. The SMILES string of the molecule is COc1ccc(Cl)cc1S(=O)(=O)NCCNc1nc(C)cc(N2CCOCC2)n1. The second-order valence-corrected chi connectivity index (χ2v) is 8.58. The Bertz CT molecular complexity index is 951. The predicted octanol–water partition coefficient (Wildman–Crippen LogP) is 1.67. The fourth-order valence-electron chi connectivity index (χ4n) is 2.88. The van der Waals surface area contributed by atoms with E-state index in [4.69, 9.17) is 21.1 Å². The van der Waals surface area contributed by atoms with Crippen molar-refractivity contribution in [1.82, 2.24) is 14.7 Å². The Balaban J connectivity index is 1.60. The third kappa shape index (κ3) is 5.69. The van der Waals surface area contributed by atoms with Crippen LogP contribution in [0.4, 0.5) is 11.8 Å². The second kappa shape index (κ2) is 9.57. The fourth-order valence-corrected chi connectivity index (χ4v) is 4.34. The molecule has 0 bridgehead atoms. The first kappa shape index (κ1) is 21.6. The van der Waals surface area contributed by atoms with Gasteiger partial charge in [-0.25, -0.2) is 18.1 Å². The smallest absolute Gasteiger partial charge is 0.244 e. The van der Waals surface area contributed by atoms with Crippen molar-refractivity contribution in [2.45, 2.75) is 11.8 Å². The van der Waals surface area contributed by atoms with Crippen molar-refractivity contribution in [3.8, 4) is 5.75 Å². The third-order valence-electron chi connectivity index (χ3n) is 4.29. The molecule has 1 aliphatic heterocycles. The summed E-state index contributed by atoms with van der Waals surface area (Å²) in [4.78, 5) is 11.0. The van der Waals surface area contributed by atoms with Gasteiger partial charge < -0.3 is 19.7 Å². The van der Waals surface area contributed by atoms with E-state index in [2.05, 4.69) is 24.9 Å². The maximum Gasteiger partial charge on any atom is 0.244 e. The van der Waals surface area contributed by atoms with Crippen LogP contribution in [0, 0.1) is 6.92 Å². The first-order valence-corrected chi connectivity index (χ1v) is 11.0. The highest BCUT2D eigenvalue weighted by Gasteiger charge is 2.19. The molecule has 0 amide bonds. The van der Waals surface area contributed by atoms with Gasteiger partial charge >= 0.3 is 0 Å². The minimum absolute atomic E-state index is 0.00564. The molecule has 0 saturated carbocycles. The molecule has 11 heteroatoms. The highest BCUT2D eigenvalue weighted by Crippen LogP contribution is 2.26. The van der Waals surface area contributed by atoms with Gasteiger partial charge in [-0.05, 0) is 25.1 Å². The number of aryl methyl sites for hydroxylation is 1. The maximum atomic E-state index is 12.6. The van der Waals surface area contributed by atoms with E-state index in [1.54, 1.807) is 6.07 Å². The Morgan fingerprint density at radius 3 is 2.69 bits per heavy atom. The number of halogens is 1. The van der Waals surface area contributed by atoms with Gasteiger partial charge in [0.2, 0.25) is 16.0 Å². The first-order chi connectivity index (χ1) is 13.9. The molecule has 2 heterocycles. The normalized spacial score (nSPS) is 14.7. The number of morpholine rings is 1. The number of nitrogens with zero attached hydrogens (tertiary/aromatic N) is 3. The molecule has 1 aromatic carbocycles. The molecule has 29 heavy (non-hydrogen) atoms. The number of methoxy groups -OCH3 is 1. The molecular weight excluding hydrogens is 418 g/mol. The average molecular weight is 442 g/mol. The van der Waals surface area contributed by atoms with Gasteiger partial charge in [0.1, 0.15) is 16.5 Å².